The fourth-order valence-corrected chi connectivity index (χ4v) is 2.89. The van der Waals surface area contributed by atoms with E-state index in [4.69, 9.17) is 0 Å². The van der Waals surface area contributed by atoms with Crippen molar-refractivity contribution in [2.75, 3.05) is 10.6 Å². The van der Waals surface area contributed by atoms with Crippen LogP contribution in [0.2, 0.25) is 0 Å². The van der Waals surface area contributed by atoms with Gasteiger partial charge in [-0.05, 0) is 51.0 Å². The van der Waals surface area contributed by atoms with E-state index in [-0.39, 0.29) is 17.7 Å². The van der Waals surface area contributed by atoms with Crippen LogP contribution in [0.25, 0.3) is 5.65 Å². The van der Waals surface area contributed by atoms with Crippen molar-refractivity contribution >= 4 is 28.8 Å². The lowest BCUT2D eigenvalue weighted by atomic mass is 10.2. The predicted octanol–water partition coefficient (Wildman–Crippen LogP) is 2.95. The van der Waals surface area contributed by atoms with Gasteiger partial charge in [0.05, 0.1) is 6.20 Å². The van der Waals surface area contributed by atoms with Gasteiger partial charge in [-0.2, -0.15) is 5.10 Å². The van der Waals surface area contributed by atoms with Crippen molar-refractivity contribution in [2.45, 2.75) is 26.7 Å². The average Bonchev–Trinajstić information content (AvgIpc) is 3.35. The van der Waals surface area contributed by atoms with Crippen molar-refractivity contribution in [3.05, 3.63) is 53.5 Å². The van der Waals surface area contributed by atoms with Gasteiger partial charge in [-0.25, -0.2) is 9.50 Å². The van der Waals surface area contributed by atoms with Crippen LogP contribution < -0.4 is 10.6 Å². The predicted molar refractivity (Wildman–Crippen MR) is 98.2 cm³/mol. The second kappa shape index (κ2) is 6.25. The third-order valence-corrected chi connectivity index (χ3v) is 4.36. The molecule has 1 aliphatic carbocycles. The molecular weight excluding hydrogens is 330 g/mol. The maximum Gasteiger partial charge on any atom is 0.261 e. The van der Waals surface area contributed by atoms with Gasteiger partial charge in [0, 0.05) is 28.7 Å². The van der Waals surface area contributed by atoms with Crippen molar-refractivity contribution in [1.29, 1.82) is 0 Å². The Balaban J connectivity index is 1.56. The van der Waals surface area contributed by atoms with E-state index in [1.54, 1.807) is 28.8 Å². The first kappa shape index (κ1) is 16.3. The summed E-state index contributed by atoms with van der Waals surface area (Å²) in [7, 11) is 0. The topological polar surface area (TPSA) is 88.4 Å². The molecule has 0 unspecified atom stereocenters. The van der Waals surface area contributed by atoms with Gasteiger partial charge in [0.25, 0.3) is 5.91 Å². The molecule has 7 nitrogen and oxygen atoms in total. The molecule has 7 heteroatoms. The Morgan fingerprint density at radius 3 is 2.58 bits per heavy atom. The smallest absolute Gasteiger partial charge is 0.261 e. The number of benzene rings is 1. The van der Waals surface area contributed by atoms with E-state index in [0.717, 1.165) is 24.2 Å². The number of aromatic nitrogens is 3. The van der Waals surface area contributed by atoms with Crippen LogP contribution in [0.5, 0.6) is 0 Å². The summed E-state index contributed by atoms with van der Waals surface area (Å²) in [5.74, 6) is -0.126. The lowest BCUT2D eigenvalue weighted by Crippen LogP contribution is -2.15. The summed E-state index contributed by atoms with van der Waals surface area (Å²) < 4.78 is 1.65. The first-order valence-corrected chi connectivity index (χ1v) is 8.55. The molecule has 2 amide bonds. The molecule has 1 saturated carbocycles. The van der Waals surface area contributed by atoms with Gasteiger partial charge >= 0.3 is 0 Å². The highest BCUT2D eigenvalue weighted by atomic mass is 16.2. The summed E-state index contributed by atoms with van der Waals surface area (Å²) in [5, 5.41) is 9.97. The van der Waals surface area contributed by atoms with E-state index in [1.807, 2.05) is 19.9 Å². The quantitative estimate of drug-likeness (QED) is 0.758. The fourth-order valence-electron chi connectivity index (χ4n) is 2.89. The van der Waals surface area contributed by atoms with Crippen molar-refractivity contribution in [2.24, 2.45) is 5.92 Å². The molecule has 2 heterocycles. The number of aryl methyl sites for hydroxylation is 2. The lowest BCUT2D eigenvalue weighted by Gasteiger charge is -2.08. The Morgan fingerprint density at radius 1 is 1.12 bits per heavy atom. The van der Waals surface area contributed by atoms with E-state index in [0.29, 0.717) is 22.6 Å². The molecular formula is C19H19N5O2. The minimum Gasteiger partial charge on any atom is -0.326 e. The van der Waals surface area contributed by atoms with Crippen molar-refractivity contribution in [1.82, 2.24) is 14.6 Å². The van der Waals surface area contributed by atoms with Gasteiger partial charge in [0.2, 0.25) is 5.91 Å². The SMILES string of the molecule is Cc1cc(C)n2ncc(C(=O)Nc3cccc(NC(=O)C4CC4)c3)c2n1. The molecule has 132 valence electrons. The number of anilines is 2. The highest BCUT2D eigenvalue weighted by molar-refractivity contribution is 6.08. The lowest BCUT2D eigenvalue weighted by molar-refractivity contribution is -0.117. The van der Waals surface area contributed by atoms with E-state index in [2.05, 4.69) is 20.7 Å². The van der Waals surface area contributed by atoms with Crippen molar-refractivity contribution in [3.63, 3.8) is 0 Å². The first-order chi connectivity index (χ1) is 12.5. The van der Waals surface area contributed by atoms with E-state index >= 15 is 0 Å². The second-order valence-corrected chi connectivity index (χ2v) is 6.63. The molecule has 1 aromatic carbocycles. The number of carbonyl (C=O) groups excluding carboxylic acids is 2. The van der Waals surface area contributed by atoms with Gasteiger partial charge in [0.1, 0.15) is 5.56 Å². The molecule has 0 spiro atoms. The van der Waals surface area contributed by atoms with E-state index < -0.39 is 0 Å². The molecule has 1 fully saturated rings. The van der Waals surface area contributed by atoms with Crippen molar-refractivity contribution in [3.8, 4) is 0 Å². The maximum absolute atomic E-state index is 12.7. The summed E-state index contributed by atoms with van der Waals surface area (Å²) in [6.07, 6.45) is 3.41. The van der Waals surface area contributed by atoms with Gasteiger partial charge in [-0.3, -0.25) is 9.59 Å². The number of nitrogens with one attached hydrogen (secondary N) is 2. The number of hydrogen-bond donors (Lipinski definition) is 2. The van der Waals surface area contributed by atoms with Crippen LogP contribution >= 0.6 is 0 Å². The molecule has 3 aromatic rings. The second-order valence-electron chi connectivity index (χ2n) is 6.63. The highest BCUT2D eigenvalue weighted by Gasteiger charge is 2.29. The van der Waals surface area contributed by atoms with Crippen LogP contribution in [0, 0.1) is 19.8 Å². The first-order valence-electron chi connectivity index (χ1n) is 8.55. The number of fused-ring (bicyclic) bond motifs is 1. The largest absolute Gasteiger partial charge is 0.326 e. The van der Waals surface area contributed by atoms with Crippen LogP contribution in [-0.4, -0.2) is 26.4 Å². The summed E-state index contributed by atoms with van der Waals surface area (Å²) in [6, 6.07) is 9.03. The Kier molecular flexibility index (Phi) is 3.91. The Morgan fingerprint density at radius 2 is 1.85 bits per heavy atom. The zero-order chi connectivity index (χ0) is 18.3. The number of carbonyl (C=O) groups is 2. The highest BCUT2D eigenvalue weighted by Crippen LogP contribution is 2.30. The van der Waals surface area contributed by atoms with Gasteiger partial charge in [-0.1, -0.05) is 6.07 Å². The minimum absolute atomic E-state index is 0.0336. The molecule has 2 aromatic heterocycles. The fraction of sp³-hybridized carbons (Fsp3) is 0.263. The third-order valence-electron chi connectivity index (χ3n) is 4.36. The van der Waals surface area contributed by atoms with E-state index in [1.165, 1.54) is 6.20 Å². The molecule has 0 bridgehead atoms. The zero-order valence-corrected chi connectivity index (χ0v) is 14.6. The summed E-state index contributed by atoms with van der Waals surface area (Å²) in [5.41, 5.74) is 3.95. The molecule has 1 aliphatic rings. The molecule has 2 N–H and O–H groups in total. The standard InChI is InChI=1S/C19H19N5O2/c1-11-8-12(2)24-17(21-11)16(10-20-24)19(26)23-15-5-3-4-14(9-15)22-18(25)13-6-7-13/h3-5,8-10,13H,6-7H2,1-2H3,(H,22,25)(H,23,26). The average molecular weight is 349 g/mol. The van der Waals surface area contributed by atoms with Crippen LogP contribution in [0.1, 0.15) is 34.6 Å². The number of nitrogens with zero attached hydrogens (tertiary/aromatic N) is 3. The Labute approximate surface area is 150 Å². The molecule has 4 rings (SSSR count). The molecule has 0 saturated heterocycles. The molecule has 0 aliphatic heterocycles. The van der Waals surface area contributed by atoms with Crippen LogP contribution in [-0.2, 0) is 4.79 Å². The summed E-state index contributed by atoms with van der Waals surface area (Å²) >= 11 is 0. The normalized spacial score (nSPS) is 13.6. The zero-order valence-electron chi connectivity index (χ0n) is 14.6. The van der Waals surface area contributed by atoms with Crippen LogP contribution in [0.4, 0.5) is 11.4 Å². The summed E-state index contributed by atoms with van der Waals surface area (Å²) in [6.45, 7) is 3.80. The number of hydrogen-bond acceptors (Lipinski definition) is 4. The Hall–Kier alpha value is -3.22. The molecule has 26 heavy (non-hydrogen) atoms. The molecule has 0 atom stereocenters. The van der Waals surface area contributed by atoms with Crippen LogP contribution in [0.15, 0.2) is 36.5 Å². The summed E-state index contributed by atoms with van der Waals surface area (Å²) in [4.78, 5) is 29.0. The number of amides is 2. The molecule has 0 radical (unpaired) electrons. The maximum atomic E-state index is 12.7. The third kappa shape index (κ3) is 3.15. The number of rotatable bonds is 4. The Bertz CT molecular complexity index is 1020. The van der Waals surface area contributed by atoms with Crippen molar-refractivity contribution < 1.29 is 9.59 Å². The minimum atomic E-state index is -0.289. The van der Waals surface area contributed by atoms with Gasteiger partial charge in [0.15, 0.2) is 5.65 Å². The van der Waals surface area contributed by atoms with Gasteiger partial charge < -0.3 is 10.6 Å². The van der Waals surface area contributed by atoms with Crippen LogP contribution in [0.3, 0.4) is 0 Å². The van der Waals surface area contributed by atoms with Gasteiger partial charge in [-0.15, -0.1) is 0 Å². The van der Waals surface area contributed by atoms with E-state index in [9.17, 15) is 9.59 Å². The monoisotopic (exact) mass is 349 g/mol.